The van der Waals surface area contributed by atoms with Crippen molar-refractivity contribution in [3.63, 3.8) is 0 Å². The van der Waals surface area contributed by atoms with Crippen LogP contribution in [0.2, 0.25) is 0 Å². The third-order valence-electron chi connectivity index (χ3n) is 2.82. The second-order valence-electron chi connectivity index (χ2n) is 4.38. The molecule has 0 aliphatic carbocycles. The highest BCUT2D eigenvalue weighted by atomic mass is 35.5. The van der Waals surface area contributed by atoms with Gasteiger partial charge in [-0.1, -0.05) is 6.07 Å². The number of carbonyl (C=O) groups is 2. The summed E-state index contributed by atoms with van der Waals surface area (Å²) in [5.41, 5.74) is -0.252. The molecule has 0 aromatic heterocycles. The van der Waals surface area contributed by atoms with E-state index in [1.54, 1.807) is 0 Å². The van der Waals surface area contributed by atoms with E-state index in [2.05, 4.69) is 5.32 Å². The van der Waals surface area contributed by atoms with Gasteiger partial charge in [0.25, 0.3) is 11.1 Å². The lowest BCUT2D eigenvalue weighted by Crippen LogP contribution is -2.13. The molecule has 1 N–H and O–H groups in total. The number of anilines is 1. The zero-order chi connectivity index (χ0) is 16.3. The number of hydrogen-bond acceptors (Lipinski definition) is 2. The maximum atomic E-state index is 12.4. The standard InChI is InChI=1S/C15H9ClF3NO2/c16-13(21)10-2-1-3-12(8-10)20-14(22)9-4-6-11(7-5-9)15(17,18)19/h1-8H,(H,20,22). The van der Waals surface area contributed by atoms with Crippen LogP contribution in [-0.2, 0) is 6.18 Å². The van der Waals surface area contributed by atoms with Gasteiger partial charge >= 0.3 is 6.18 Å². The molecule has 2 rings (SSSR count). The van der Waals surface area contributed by atoms with Gasteiger partial charge in [-0.2, -0.15) is 13.2 Å². The van der Waals surface area contributed by atoms with Crippen LogP contribution in [0.3, 0.4) is 0 Å². The SMILES string of the molecule is O=C(Cl)c1cccc(NC(=O)c2ccc(C(F)(F)F)cc2)c1. The molecule has 1 amide bonds. The van der Waals surface area contributed by atoms with Crippen molar-refractivity contribution in [3.05, 3.63) is 65.2 Å². The molecular formula is C15H9ClF3NO2. The Bertz CT molecular complexity index is 711. The van der Waals surface area contributed by atoms with Crippen LogP contribution < -0.4 is 5.32 Å². The number of halogens is 4. The lowest BCUT2D eigenvalue weighted by atomic mass is 10.1. The molecule has 0 radical (unpaired) electrons. The van der Waals surface area contributed by atoms with Crippen molar-refractivity contribution in [1.29, 1.82) is 0 Å². The van der Waals surface area contributed by atoms with Crippen LogP contribution in [0.25, 0.3) is 0 Å². The highest BCUT2D eigenvalue weighted by molar-refractivity contribution is 6.67. The molecule has 2 aromatic rings. The van der Waals surface area contributed by atoms with Crippen molar-refractivity contribution < 1.29 is 22.8 Å². The van der Waals surface area contributed by atoms with Gasteiger partial charge in [0.15, 0.2) is 0 Å². The molecule has 0 saturated carbocycles. The van der Waals surface area contributed by atoms with Crippen LogP contribution in [0.15, 0.2) is 48.5 Å². The average Bonchev–Trinajstić information content (AvgIpc) is 2.46. The second kappa shape index (κ2) is 6.19. The molecule has 0 aliphatic rings. The normalized spacial score (nSPS) is 11.1. The molecule has 0 atom stereocenters. The molecule has 0 bridgehead atoms. The van der Waals surface area contributed by atoms with Crippen molar-refractivity contribution in [2.24, 2.45) is 0 Å². The molecule has 0 fully saturated rings. The maximum Gasteiger partial charge on any atom is 0.416 e. The molecule has 3 nitrogen and oxygen atoms in total. The van der Waals surface area contributed by atoms with Crippen LogP contribution in [0.4, 0.5) is 18.9 Å². The van der Waals surface area contributed by atoms with Crippen LogP contribution in [0.5, 0.6) is 0 Å². The van der Waals surface area contributed by atoms with E-state index < -0.39 is 22.9 Å². The number of rotatable bonds is 3. The Balaban J connectivity index is 2.15. The smallest absolute Gasteiger partial charge is 0.322 e. The average molecular weight is 328 g/mol. The Labute approximate surface area is 128 Å². The quantitative estimate of drug-likeness (QED) is 0.853. The summed E-state index contributed by atoms with van der Waals surface area (Å²) in [5, 5.41) is 1.81. The number of hydrogen-bond donors (Lipinski definition) is 1. The Morgan fingerprint density at radius 3 is 2.14 bits per heavy atom. The van der Waals surface area contributed by atoms with Crippen molar-refractivity contribution in [1.82, 2.24) is 0 Å². The number of amides is 1. The topological polar surface area (TPSA) is 46.2 Å². The Kier molecular flexibility index (Phi) is 4.51. The van der Waals surface area contributed by atoms with Gasteiger partial charge in [-0.25, -0.2) is 0 Å². The van der Waals surface area contributed by atoms with Gasteiger partial charge in [-0.15, -0.1) is 0 Å². The summed E-state index contributed by atoms with van der Waals surface area (Å²) in [6.45, 7) is 0. The maximum absolute atomic E-state index is 12.4. The van der Waals surface area contributed by atoms with E-state index in [4.69, 9.17) is 11.6 Å². The minimum absolute atomic E-state index is 0.0654. The first-order valence-electron chi connectivity index (χ1n) is 6.06. The van der Waals surface area contributed by atoms with Crippen LogP contribution in [0.1, 0.15) is 26.3 Å². The first-order valence-corrected chi connectivity index (χ1v) is 6.43. The van der Waals surface area contributed by atoms with Crippen molar-refractivity contribution in [3.8, 4) is 0 Å². The summed E-state index contributed by atoms with van der Waals surface area (Å²) >= 11 is 5.33. The molecule has 0 saturated heterocycles. The number of nitrogens with one attached hydrogen (secondary N) is 1. The van der Waals surface area contributed by atoms with Crippen LogP contribution in [-0.4, -0.2) is 11.1 Å². The van der Waals surface area contributed by atoms with E-state index in [0.717, 1.165) is 24.3 Å². The van der Waals surface area contributed by atoms with E-state index in [1.165, 1.54) is 24.3 Å². The fraction of sp³-hybridized carbons (Fsp3) is 0.0667. The van der Waals surface area contributed by atoms with Gasteiger partial charge in [0.1, 0.15) is 0 Å². The molecule has 7 heteroatoms. The molecule has 2 aromatic carbocycles. The predicted molar refractivity (Wildman–Crippen MR) is 76.0 cm³/mol. The summed E-state index contributed by atoms with van der Waals surface area (Å²) in [4.78, 5) is 23.0. The summed E-state index contributed by atoms with van der Waals surface area (Å²) in [6.07, 6.45) is -4.45. The summed E-state index contributed by atoms with van der Waals surface area (Å²) in [7, 11) is 0. The Morgan fingerprint density at radius 1 is 0.955 bits per heavy atom. The molecule has 0 heterocycles. The van der Waals surface area contributed by atoms with Gasteiger partial charge < -0.3 is 5.32 Å². The van der Waals surface area contributed by atoms with E-state index >= 15 is 0 Å². The summed E-state index contributed by atoms with van der Waals surface area (Å²) < 4.78 is 37.3. The number of carbonyl (C=O) groups excluding carboxylic acids is 2. The third-order valence-corrected chi connectivity index (χ3v) is 3.04. The van der Waals surface area contributed by atoms with Gasteiger partial charge in [0.05, 0.1) is 5.56 Å². The lowest BCUT2D eigenvalue weighted by Gasteiger charge is -2.08. The van der Waals surface area contributed by atoms with Gasteiger partial charge in [-0.05, 0) is 54.1 Å². The molecule has 22 heavy (non-hydrogen) atoms. The summed E-state index contributed by atoms with van der Waals surface area (Å²) in [6, 6.07) is 9.72. The van der Waals surface area contributed by atoms with Crippen molar-refractivity contribution in [2.45, 2.75) is 6.18 Å². The first kappa shape index (κ1) is 16.0. The zero-order valence-corrected chi connectivity index (χ0v) is 11.7. The van der Waals surface area contributed by atoms with Gasteiger partial charge in [0.2, 0.25) is 0 Å². The Morgan fingerprint density at radius 2 is 1.59 bits per heavy atom. The van der Waals surface area contributed by atoms with Gasteiger partial charge in [-0.3, -0.25) is 9.59 Å². The van der Waals surface area contributed by atoms with E-state index in [-0.39, 0.29) is 11.1 Å². The van der Waals surface area contributed by atoms with E-state index in [9.17, 15) is 22.8 Å². The lowest BCUT2D eigenvalue weighted by molar-refractivity contribution is -0.137. The van der Waals surface area contributed by atoms with Crippen LogP contribution in [0, 0.1) is 0 Å². The van der Waals surface area contributed by atoms with E-state index in [1.807, 2.05) is 0 Å². The Hall–Kier alpha value is -2.34. The largest absolute Gasteiger partial charge is 0.416 e. The highest BCUT2D eigenvalue weighted by Crippen LogP contribution is 2.29. The zero-order valence-electron chi connectivity index (χ0n) is 10.9. The summed E-state index contributed by atoms with van der Waals surface area (Å²) in [5.74, 6) is -0.590. The number of alkyl halides is 3. The monoisotopic (exact) mass is 327 g/mol. The highest BCUT2D eigenvalue weighted by Gasteiger charge is 2.30. The molecule has 114 valence electrons. The fourth-order valence-corrected chi connectivity index (χ4v) is 1.85. The molecule has 0 aliphatic heterocycles. The molecular weight excluding hydrogens is 319 g/mol. The minimum atomic E-state index is -4.45. The predicted octanol–water partition coefficient (Wildman–Crippen LogP) is 4.34. The second-order valence-corrected chi connectivity index (χ2v) is 4.73. The van der Waals surface area contributed by atoms with E-state index in [0.29, 0.717) is 5.69 Å². The third kappa shape index (κ3) is 3.85. The van der Waals surface area contributed by atoms with Crippen molar-refractivity contribution in [2.75, 3.05) is 5.32 Å². The van der Waals surface area contributed by atoms with Crippen molar-refractivity contribution >= 4 is 28.4 Å². The first-order chi connectivity index (χ1) is 10.3. The fourth-order valence-electron chi connectivity index (χ4n) is 1.73. The van der Waals surface area contributed by atoms with Gasteiger partial charge in [0, 0.05) is 16.8 Å². The molecule has 0 unspecified atom stereocenters. The molecule has 0 spiro atoms. The van der Waals surface area contributed by atoms with Crippen LogP contribution >= 0.6 is 11.6 Å². The minimum Gasteiger partial charge on any atom is -0.322 e. The number of benzene rings is 2.